The van der Waals surface area contributed by atoms with Gasteiger partial charge in [0.1, 0.15) is 11.3 Å². The van der Waals surface area contributed by atoms with Crippen LogP contribution in [0, 0.1) is 5.92 Å². The van der Waals surface area contributed by atoms with Crippen LogP contribution in [-0.4, -0.2) is 41.2 Å². The number of benzene rings is 1. The lowest BCUT2D eigenvalue weighted by Crippen LogP contribution is -2.27. The lowest BCUT2D eigenvalue weighted by atomic mass is 10.1. The third-order valence-electron chi connectivity index (χ3n) is 4.40. The number of aromatic nitrogens is 2. The van der Waals surface area contributed by atoms with E-state index in [-0.39, 0.29) is 5.56 Å². The molecule has 1 aliphatic rings. The van der Waals surface area contributed by atoms with Crippen LogP contribution in [0.5, 0.6) is 5.75 Å². The highest BCUT2D eigenvalue weighted by atomic mass is 16.5. The molecular weight excluding hydrogens is 278 g/mol. The number of rotatable bonds is 5. The first kappa shape index (κ1) is 15.0. The molecule has 0 amide bonds. The molecule has 3 rings (SSSR count). The van der Waals surface area contributed by atoms with Crippen molar-refractivity contribution >= 4 is 10.9 Å². The first-order chi connectivity index (χ1) is 10.7. The lowest BCUT2D eigenvalue weighted by molar-refractivity contribution is 0.316. The van der Waals surface area contributed by atoms with Crippen molar-refractivity contribution in [2.75, 3.05) is 26.7 Å². The minimum absolute atomic E-state index is 0.0258. The van der Waals surface area contributed by atoms with E-state index in [4.69, 9.17) is 4.74 Å². The van der Waals surface area contributed by atoms with Crippen molar-refractivity contribution in [3.05, 3.63) is 34.9 Å². The summed E-state index contributed by atoms with van der Waals surface area (Å²) in [4.78, 5) is 19.6. The summed E-state index contributed by atoms with van der Waals surface area (Å²) in [6.45, 7) is 6.33. The van der Waals surface area contributed by atoms with Crippen molar-refractivity contribution in [1.29, 1.82) is 0 Å². The molecule has 1 saturated heterocycles. The van der Waals surface area contributed by atoms with Crippen LogP contribution in [0.4, 0.5) is 0 Å². The molecule has 1 aromatic heterocycles. The second-order valence-electron chi connectivity index (χ2n) is 6.01. The topological polar surface area (TPSA) is 47.4 Å². The number of para-hydroxylation sites is 1. The Morgan fingerprint density at radius 1 is 1.41 bits per heavy atom. The van der Waals surface area contributed by atoms with Crippen LogP contribution in [0.25, 0.3) is 10.9 Å². The van der Waals surface area contributed by atoms with Gasteiger partial charge in [-0.3, -0.25) is 9.36 Å². The minimum Gasteiger partial charge on any atom is -0.494 e. The van der Waals surface area contributed by atoms with E-state index in [9.17, 15) is 4.79 Å². The number of hydrogen-bond donors (Lipinski definition) is 0. The summed E-state index contributed by atoms with van der Waals surface area (Å²) in [5, 5.41) is 0.630. The molecule has 2 heterocycles. The summed E-state index contributed by atoms with van der Waals surface area (Å²) < 4.78 is 7.03. The van der Waals surface area contributed by atoms with Crippen LogP contribution < -0.4 is 10.3 Å². The third kappa shape index (κ3) is 2.86. The minimum atomic E-state index is 0.0258. The maximum absolute atomic E-state index is 12.6. The first-order valence-corrected chi connectivity index (χ1v) is 7.97. The zero-order valence-corrected chi connectivity index (χ0v) is 13.3. The molecule has 0 aliphatic carbocycles. The Bertz CT molecular complexity index is 711. The number of fused-ring (bicyclic) bond motifs is 1. The fourth-order valence-corrected chi connectivity index (χ4v) is 3.32. The van der Waals surface area contributed by atoms with Gasteiger partial charge in [0.05, 0.1) is 18.8 Å². The Hall–Kier alpha value is -1.88. The Labute approximate surface area is 130 Å². The van der Waals surface area contributed by atoms with E-state index in [1.54, 1.807) is 18.0 Å². The highest BCUT2D eigenvalue weighted by Gasteiger charge is 2.22. The van der Waals surface area contributed by atoms with Gasteiger partial charge >= 0.3 is 0 Å². The maximum atomic E-state index is 12.6. The Balaban J connectivity index is 1.84. The van der Waals surface area contributed by atoms with Crippen LogP contribution >= 0.6 is 0 Å². The molecule has 0 bridgehead atoms. The second kappa shape index (κ2) is 6.48. The van der Waals surface area contributed by atoms with Crippen LogP contribution in [0.3, 0.4) is 0 Å². The van der Waals surface area contributed by atoms with Crippen molar-refractivity contribution in [3.8, 4) is 5.75 Å². The molecule has 0 saturated carbocycles. The van der Waals surface area contributed by atoms with Gasteiger partial charge < -0.3 is 9.64 Å². The molecule has 1 aromatic carbocycles. The quantitative estimate of drug-likeness (QED) is 0.849. The molecule has 1 atom stereocenters. The van der Waals surface area contributed by atoms with Crippen molar-refractivity contribution in [1.82, 2.24) is 14.5 Å². The van der Waals surface area contributed by atoms with Gasteiger partial charge in [0, 0.05) is 13.1 Å². The maximum Gasteiger partial charge on any atom is 0.261 e. The van der Waals surface area contributed by atoms with E-state index in [2.05, 4.69) is 16.8 Å². The molecule has 0 spiro atoms. The van der Waals surface area contributed by atoms with Crippen LogP contribution in [0.2, 0.25) is 0 Å². The van der Waals surface area contributed by atoms with Gasteiger partial charge in [-0.15, -0.1) is 0 Å². The summed E-state index contributed by atoms with van der Waals surface area (Å²) in [5.74, 6) is 1.19. The molecule has 0 unspecified atom stereocenters. The zero-order valence-electron chi connectivity index (χ0n) is 13.3. The molecule has 1 aliphatic heterocycles. The zero-order chi connectivity index (χ0) is 15.5. The predicted octanol–water partition coefficient (Wildman–Crippen LogP) is 2.14. The predicted molar refractivity (Wildman–Crippen MR) is 87.4 cm³/mol. The summed E-state index contributed by atoms with van der Waals surface area (Å²) in [5.41, 5.74) is 0.670. The Morgan fingerprint density at radius 2 is 2.27 bits per heavy atom. The van der Waals surface area contributed by atoms with Crippen LogP contribution in [0.1, 0.15) is 19.8 Å². The largest absolute Gasteiger partial charge is 0.494 e. The van der Waals surface area contributed by atoms with Crippen LogP contribution in [0.15, 0.2) is 29.3 Å². The lowest BCUT2D eigenvalue weighted by Gasteiger charge is -2.15. The van der Waals surface area contributed by atoms with Crippen LogP contribution in [-0.2, 0) is 6.54 Å². The van der Waals surface area contributed by atoms with Gasteiger partial charge in [-0.2, -0.15) is 0 Å². The van der Waals surface area contributed by atoms with E-state index in [1.807, 2.05) is 18.2 Å². The van der Waals surface area contributed by atoms with Crippen molar-refractivity contribution in [2.24, 2.45) is 5.92 Å². The summed E-state index contributed by atoms with van der Waals surface area (Å²) in [7, 11) is 1.60. The normalized spacial score (nSPS) is 18.9. The molecule has 0 radical (unpaired) electrons. The van der Waals surface area contributed by atoms with Gasteiger partial charge in [-0.05, 0) is 44.0 Å². The highest BCUT2D eigenvalue weighted by molar-refractivity contribution is 5.83. The summed E-state index contributed by atoms with van der Waals surface area (Å²) in [6.07, 6.45) is 4.00. The monoisotopic (exact) mass is 301 g/mol. The fourth-order valence-electron chi connectivity index (χ4n) is 3.32. The van der Waals surface area contributed by atoms with Gasteiger partial charge in [0.2, 0.25) is 0 Å². The van der Waals surface area contributed by atoms with E-state index < -0.39 is 0 Å². The van der Waals surface area contributed by atoms with E-state index in [1.165, 1.54) is 6.42 Å². The first-order valence-electron chi connectivity index (χ1n) is 7.97. The molecule has 1 fully saturated rings. The van der Waals surface area contributed by atoms with Crippen molar-refractivity contribution in [2.45, 2.75) is 26.3 Å². The van der Waals surface area contributed by atoms with Gasteiger partial charge in [-0.25, -0.2) is 4.98 Å². The Morgan fingerprint density at radius 3 is 3.05 bits per heavy atom. The van der Waals surface area contributed by atoms with Gasteiger partial charge in [0.15, 0.2) is 0 Å². The number of likely N-dealkylation sites (tertiary alicyclic amines) is 1. The van der Waals surface area contributed by atoms with Gasteiger partial charge in [-0.1, -0.05) is 13.0 Å². The molecule has 118 valence electrons. The number of nitrogens with zero attached hydrogens (tertiary/aromatic N) is 3. The molecule has 0 N–H and O–H groups in total. The average molecular weight is 301 g/mol. The van der Waals surface area contributed by atoms with Crippen molar-refractivity contribution in [3.63, 3.8) is 0 Å². The highest BCUT2D eigenvalue weighted by Crippen LogP contribution is 2.21. The van der Waals surface area contributed by atoms with Crippen molar-refractivity contribution < 1.29 is 4.74 Å². The van der Waals surface area contributed by atoms with E-state index in [0.717, 1.165) is 32.6 Å². The average Bonchev–Trinajstić information content (AvgIpc) is 2.97. The molecule has 5 nitrogen and oxygen atoms in total. The van der Waals surface area contributed by atoms with E-state index in [0.29, 0.717) is 22.6 Å². The fraction of sp³-hybridized carbons (Fsp3) is 0.529. The van der Waals surface area contributed by atoms with E-state index >= 15 is 0 Å². The Kier molecular flexibility index (Phi) is 4.43. The SMILES string of the molecule is CCCN1CC[C@H](Cn2cnc3c(OC)cccc3c2=O)C1. The number of ether oxygens (including phenoxy) is 1. The summed E-state index contributed by atoms with van der Waals surface area (Å²) >= 11 is 0. The molecular formula is C17H23N3O2. The smallest absolute Gasteiger partial charge is 0.261 e. The molecule has 22 heavy (non-hydrogen) atoms. The standard InChI is InChI=1S/C17H23N3O2/c1-3-8-19-9-7-13(10-19)11-20-12-18-16-14(17(20)21)5-4-6-15(16)22-2/h4-6,12-13H,3,7-11H2,1-2H3/t13-/m0/s1. The second-order valence-corrected chi connectivity index (χ2v) is 6.01. The summed E-state index contributed by atoms with van der Waals surface area (Å²) in [6, 6.07) is 5.49. The number of hydrogen-bond acceptors (Lipinski definition) is 4. The van der Waals surface area contributed by atoms with Gasteiger partial charge in [0.25, 0.3) is 5.56 Å². The third-order valence-corrected chi connectivity index (χ3v) is 4.40. The molecule has 2 aromatic rings. The molecule has 5 heteroatoms. The number of methoxy groups -OCH3 is 1.